The van der Waals surface area contributed by atoms with Gasteiger partial charge in [-0.25, -0.2) is 4.98 Å². The molecule has 2 aromatic carbocycles. The molecule has 0 atom stereocenters. The van der Waals surface area contributed by atoms with E-state index in [2.05, 4.69) is 4.98 Å². The Hall–Kier alpha value is -3.34. The summed E-state index contributed by atoms with van der Waals surface area (Å²) < 4.78 is 40.8. The highest BCUT2D eigenvalue weighted by Crippen LogP contribution is 2.33. The van der Waals surface area contributed by atoms with Crippen LogP contribution in [0.1, 0.15) is 12.0 Å². The van der Waals surface area contributed by atoms with Crippen molar-refractivity contribution in [2.75, 3.05) is 17.2 Å². The van der Waals surface area contributed by atoms with Gasteiger partial charge in [0.1, 0.15) is 6.54 Å². The number of hydrogen-bond donors (Lipinski definition) is 0. The van der Waals surface area contributed by atoms with Gasteiger partial charge in [0.2, 0.25) is 5.91 Å². The average Bonchev–Trinajstić information content (AvgIpc) is 3.17. The van der Waals surface area contributed by atoms with Crippen LogP contribution in [0.25, 0.3) is 11.3 Å². The number of halogens is 3. The number of nitrogens with zero attached hydrogens (tertiary/aromatic N) is 4. The van der Waals surface area contributed by atoms with E-state index in [0.717, 1.165) is 16.3 Å². The SMILES string of the molecule is O=C(CSc1ncc(-c2ccccc2)n1CC(F)(F)F)N1CCCc2cc([N+](=O)[O-])ccc21. The number of nitro groups is 1. The Balaban J connectivity index is 1.55. The van der Waals surface area contributed by atoms with Crippen molar-refractivity contribution in [3.8, 4) is 11.3 Å². The molecule has 0 N–H and O–H groups in total. The molecule has 172 valence electrons. The first-order valence-corrected chi connectivity index (χ1v) is 11.1. The largest absolute Gasteiger partial charge is 0.406 e. The maximum Gasteiger partial charge on any atom is 0.406 e. The van der Waals surface area contributed by atoms with Crippen LogP contribution in [0.15, 0.2) is 59.9 Å². The third-order valence-electron chi connectivity index (χ3n) is 5.24. The number of rotatable bonds is 6. The highest BCUT2D eigenvalue weighted by Gasteiger charge is 2.31. The van der Waals surface area contributed by atoms with Crippen molar-refractivity contribution >= 4 is 29.0 Å². The molecule has 2 heterocycles. The molecule has 0 saturated carbocycles. The van der Waals surface area contributed by atoms with Crippen molar-refractivity contribution in [2.45, 2.75) is 30.7 Å². The van der Waals surface area contributed by atoms with E-state index in [0.29, 0.717) is 41.9 Å². The van der Waals surface area contributed by atoms with Gasteiger partial charge in [0, 0.05) is 24.4 Å². The first kappa shape index (κ1) is 22.8. The minimum absolute atomic E-state index is 0.0416. The second-order valence-electron chi connectivity index (χ2n) is 7.50. The summed E-state index contributed by atoms with van der Waals surface area (Å²) in [6.07, 6.45) is -1.82. The molecule has 0 radical (unpaired) electrons. The standard InChI is InChI=1S/C22H19F3N4O3S/c23-22(24,25)14-28-19(15-5-2-1-3-6-15)12-26-21(28)33-13-20(30)27-10-4-7-16-11-17(29(31)32)8-9-18(16)27/h1-3,5-6,8-9,11-12H,4,7,10,13-14H2. The van der Waals surface area contributed by atoms with Crippen LogP contribution in [-0.4, -0.2) is 38.9 Å². The summed E-state index contributed by atoms with van der Waals surface area (Å²) in [6.45, 7) is -0.777. The average molecular weight is 476 g/mol. The molecule has 0 spiro atoms. The molecule has 1 aliphatic heterocycles. The number of anilines is 1. The van der Waals surface area contributed by atoms with E-state index in [4.69, 9.17) is 0 Å². The molecule has 11 heteroatoms. The highest BCUT2D eigenvalue weighted by molar-refractivity contribution is 7.99. The van der Waals surface area contributed by atoms with Gasteiger partial charge in [-0.3, -0.25) is 14.9 Å². The van der Waals surface area contributed by atoms with Crippen LogP contribution in [0.4, 0.5) is 24.5 Å². The van der Waals surface area contributed by atoms with Crippen LogP contribution < -0.4 is 4.90 Å². The number of benzene rings is 2. The Kier molecular flexibility index (Phi) is 6.41. The zero-order valence-electron chi connectivity index (χ0n) is 17.3. The summed E-state index contributed by atoms with van der Waals surface area (Å²) in [5.74, 6) is -0.405. The van der Waals surface area contributed by atoms with E-state index >= 15 is 0 Å². The summed E-state index contributed by atoms with van der Waals surface area (Å²) in [4.78, 5) is 29.2. The molecule has 1 aliphatic rings. The molecule has 33 heavy (non-hydrogen) atoms. The van der Waals surface area contributed by atoms with Gasteiger partial charge in [0.15, 0.2) is 5.16 Å². The van der Waals surface area contributed by atoms with Crippen LogP contribution in [0.3, 0.4) is 0 Å². The van der Waals surface area contributed by atoms with Crippen LogP contribution in [-0.2, 0) is 17.8 Å². The Labute approximate surface area is 191 Å². The molecule has 0 unspecified atom stereocenters. The molecule has 0 fully saturated rings. The number of fused-ring (bicyclic) bond motifs is 1. The van der Waals surface area contributed by atoms with E-state index in [-0.39, 0.29) is 22.5 Å². The van der Waals surface area contributed by atoms with Crippen LogP contribution in [0, 0.1) is 10.1 Å². The Bertz CT molecular complexity index is 1180. The van der Waals surface area contributed by atoms with E-state index in [1.54, 1.807) is 36.4 Å². The van der Waals surface area contributed by atoms with Gasteiger partial charge < -0.3 is 9.47 Å². The molecule has 7 nitrogen and oxygen atoms in total. The van der Waals surface area contributed by atoms with Gasteiger partial charge in [-0.1, -0.05) is 42.1 Å². The molecule has 0 bridgehead atoms. The highest BCUT2D eigenvalue weighted by atomic mass is 32.2. The molecule has 0 aliphatic carbocycles. The number of carbonyl (C=O) groups excluding carboxylic acids is 1. The number of carbonyl (C=O) groups is 1. The molecule has 1 amide bonds. The predicted molar refractivity (Wildman–Crippen MR) is 118 cm³/mol. The van der Waals surface area contributed by atoms with E-state index < -0.39 is 17.6 Å². The summed E-state index contributed by atoms with van der Waals surface area (Å²) >= 11 is 0.940. The van der Waals surface area contributed by atoms with Crippen LogP contribution in [0.5, 0.6) is 0 Å². The molecule has 1 aromatic heterocycles. The van der Waals surface area contributed by atoms with Gasteiger partial charge in [-0.05, 0) is 30.0 Å². The van der Waals surface area contributed by atoms with Crippen molar-refractivity contribution in [3.63, 3.8) is 0 Å². The van der Waals surface area contributed by atoms with Gasteiger partial charge in [0.05, 0.1) is 22.6 Å². The number of thioether (sulfide) groups is 1. The first-order valence-electron chi connectivity index (χ1n) is 10.1. The number of aryl methyl sites for hydroxylation is 1. The lowest BCUT2D eigenvalue weighted by atomic mass is 10.0. The van der Waals surface area contributed by atoms with E-state index in [9.17, 15) is 28.1 Å². The van der Waals surface area contributed by atoms with Crippen molar-refractivity contribution in [1.82, 2.24) is 9.55 Å². The van der Waals surface area contributed by atoms with Gasteiger partial charge >= 0.3 is 6.18 Å². The normalized spacial score (nSPS) is 13.6. The smallest absolute Gasteiger partial charge is 0.311 e. The summed E-state index contributed by atoms with van der Waals surface area (Å²) in [5.41, 5.74) is 2.18. The van der Waals surface area contributed by atoms with Gasteiger partial charge in [-0.15, -0.1) is 0 Å². The fourth-order valence-corrected chi connectivity index (χ4v) is 4.66. The fraction of sp³-hybridized carbons (Fsp3) is 0.273. The molecular formula is C22H19F3N4O3S. The van der Waals surface area contributed by atoms with Crippen molar-refractivity contribution in [2.24, 2.45) is 0 Å². The predicted octanol–water partition coefficient (Wildman–Crippen LogP) is 5.09. The van der Waals surface area contributed by atoms with E-state index in [1.807, 2.05) is 0 Å². The van der Waals surface area contributed by atoms with Gasteiger partial charge in [0.25, 0.3) is 5.69 Å². The maximum atomic E-state index is 13.3. The third kappa shape index (κ3) is 5.19. The van der Waals surface area contributed by atoms with Crippen LogP contribution in [0.2, 0.25) is 0 Å². The molecule has 3 aromatic rings. The van der Waals surface area contributed by atoms with E-state index in [1.165, 1.54) is 23.2 Å². The number of amides is 1. The number of non-ortho nitro benzene ring substituents is 1. The van der Waals surface area contributed by atoms with Crippen molar-refractivity contribution in [1.29, 1.82) is 0 Å². The van der Waals surface area contributed by atoms with Crippen molar-refractivity contribution in [3.05, 3.63) is 70.4 Å². The number of nitro benzene ring substituents is 1. The molecule has 0 saturated heterocycles. The number of aromatic nitrogens is 2. The quantitative estimate of drug-likeness (QED) is 0.281. The number of alkyl halides is 3. The van der Waals surface area contributed by atoms with Crippen LogP contribution >= 0.6 is 11.8 Å². The fourth-order valence-electron chi connectivity index (χ4n) is 3.81. The number of imidazole rings is 1. The Morgan fingerprint density at radius 1 is 1.18 bits per heavy atom. The Morgan fingerprint density at radius 2 is 1.94 bits per heavy atom. The van der Waals surface area contributed by atoms with Crippen molar-refractivity contribution < 1.29 is 22.9 Å². The lowest BCUT2D eigenvalue weighted by molar-refractivity contribution is -0.384. The molecule has 4 rings (SSSR count). The zero-order valence-corrected chi connectivity index (χ0v) is 18.1. The monoisotopic (exact) mass is 476 g/mol. The second-order valence-corrected chi connectivity index (χ2v) is 8.44. The Morgan fingerprint density at radius 3 is 2.64 bits per heavy atom. The minimum atomic E-state index is -4.45. The summed E-state index contributed by atoms with van der Waals surface area (Å²) in [6, 6.07) is 13.0. The minimum Gasteiger partial charge on any atom is -0.311 e. The maximum absolute atomic E-state index is 13.3. The molecular weight excluding hydrogens is 457 g/mol. The topological polar surface area (TPSA) is 81.3 Å². The second kappa shape index (κ2) is 9.26. The third-order valence-corrected chi connectivity index (χ3v) is 6.22. The summed E-state index contributed by atoms with van der Waals surface area (Å²) in [5, 5.41) is 11.1. The lowest BCUT2D eigenvalue weighted by Crippen LogP contribution is -2.36. The number of hydrogen-bond acceptors (Lipinski definition) is 5. The van der Waals surface area contributed by atoms with Gasteiger partial charge in [-0.2, -0.15) is 13.2 Å². The lowest BCUT2D eigenvalue weighted by Gasteiger charge is -2.29. The summed E-state index contributed by atoms with van der Waals surface area (Å²) in [7, 11) is 0. The zero-order chi connectivity index (χ0) is 23.6. The first-order chi connectivity index (χ1) is 15.7.